The van der Waals surface area contributed by atoms with Crippen molar-refractivity contribution in [2.45, 2.75) is 40.5 Å². The average molecular weight is 351 g/mol. The number of hydrogen-bond donors (Lipinski definition) is 2. The summed E-state index contributed by atoms with van der Waals surface area (Å²) in [5, 5.41) is 5.65. The molecule has 0 bridgehead atoms. The molecule has 7 nitrogen and oxygen atoms in total. The first-order valence-corrected chi connectivity index (χ1v) is 8.61. The number of nitrogens with zero attached hydrogens (tertiary/aromatic N) is 1. The van der Waals surface area contributed by atoms with Crippen LogP contribution >= 0.6 is 0 Å². The highest BCUT2D eigenvalue weighted by Gasteiger charge is 2.38. The molecule has 1 aliphatic rings. The molecule has 0 fully saturated rings. The van der Waals surface area contributed by atoms with Crippen molar-refractivity contribution in [3.05, 3.63) is 22.7 Å². The molecule has 2 N–H and O–H groups in total. The lowest BCUT2D eigenvalue weighted by atomic mass is 9.79. The predicted molar refractivity (Wildman–Crippen MR) is 95.0 cm³/mol. The number of carbonyl (C=O) groups is 3. The van der Waals surface area contributed by atoms with Crippen LogP contribution in [0.25, 0.3) is 0 Å². The van der Waals surface area contributed by atoms with E-state index in [1.54, 1.807) is 20.9 Å². The van der Waals surface area contributed by atoms with Crippen molar-refractivity contribution in [2.24, 2.45) is 11.8 Å². The molecular weight excluding hydrogens is 322 g/mol. The van der Waals surface area contributed by atoms with E-state index in [1.807, 2.05) is 0 Å². The highest BCUT2D eigenvalue weighted by atomic mass is 16.5. The molecule has 2 unspecified atom stereocenters. The summed E-state index contributed by atoms with van der Waals surface area (Å²) in [6.07, 6.45) is 2.16. The van der Waals surface area contributed by atoms with Crippen molar-refractivity contribution in [1.82, 2.24) is 15.5 Å². The highest BCUT2D eigenvalue weighted by molar-refractivity contribution is 6.00. The maximum Gasteiger partial charge on any atom is 0.336 e. The van der Waals surface area contributed by atoms with E-state index in [2.05, 4.69) is 24.5 Å². The van der Waals surface area contributed by atoms with Crippen LogP contribution in [0.4, 0.5) is 0 Å². The number of dihydropyridines is 1. The van der Waals surface area contributed by atoms with Crippen LogP contribution in [0, 0.1) is 11.8 Å². The normalized spacial score (nSPS) is 18.4. The summed E-state index contributed by atoms with van der Waals surface area (Å²) >= 11 is 0. The van der Waals surface area contributed by atoms with Gasteiger partial charge in [0.1, 0.15) is 5.82 Å². The number of hydrogen-bond acceptors (Lipinski definition) is 5. The van der Waals surface area contributed by atoms with Crippen LogP contribution in [0.1, 0.15) is 40.5 Å². The molecule has 1 rings (SSSR count). The molecule has 1 heterocycles. The van der Waals surface area contributed by atoms with Crippen LogP contribution in [0.5, 0.6) is 0 Å². The van der Waals surface area contributed by atoms with Gasteiger partial charge in [0.15, 0.2) is 0 Å². The molecule has 0 spiro atoms. The number of esters is 1. The van der Waals surface area contributed by atoms with E-state index >= 15 is 0 Å². The summed E-state index contributed by atoms with van der Waals surface area (Å²) in [7, 11) is 3.10. The molecule has 0 aromatic rings. The summed E-state index contributed by atoms with van der Waals surface area (Å²) < 4.78 is 5.21. The van der Waals surface area contributed by atoms with Gasteiger partial charge in [-0.15, -0.1) is 0 Å². The number of ether oxygens (including phenoxy) is 1. The minimum Gasteiger partial charge on any atom is -0.463 e. The van der Waals surface area contributed by atoms with Gasteiger partial charge in [0.05, 0.1) is 17.8 Å². The van der Waals surface area contributed by atoms with Crippen LogP contribution < -0.4 is 10.6 Å². The van der Waals surface area contributed by atoms with Gasteiger partial charge < -0.3 is 20.3 Å². The Hall–Kier alpha value is -2.31. The molecule has 0 aliphatic carbocycles. The minimum atomic E-state index is -0.437. The zero-order chi connectivity index (χ0) is 19.1. The van der Waals surface area contributed by atoms with E-state index in [1.165, 1.54) is 11.9 Å². The molecule has 2 amide bonds. The van der Waals surface area contributed by atoms with Crippen molar-refractivity contribution >= 4 is 18.3 Å². The zero-order valence-corrected chi connectivity index (χ0v) is 15.9. The lowest BCUT2D eigenvalue weighted by molar-refractivity contribution is -0.139. The fraction of sp³-hybridized carbons (Fsp3) is 0.611. The second-order valence-electron chi connectivity index (χ2n) is 6.24. The fourth-order valence-corrected chi connectivity index (χ4v) is 2.92. The maximum atomic E-state index is 12.6. The van der Waals surface area contributed by atoms with Crippen molar-refractivity contribution in [1.29, 1.82) is 0 Å². The van der Waals surface area contributed by atoms with Crippen molar-refractivity contribution < 1.29 is 19.1 Å². The van der Waals surface area contributed by atoms with Crippen molar-refractivity contribution in [2.75, 3.05) is 20.7 Å². The molecule has 1 aliphatic heterocycles. The van der Waals surface area contributed by atoms with Gasteiger partial charge >= 0.3 is 5.97 Å². The summed E-state index contributed by atoms with van der Waals surface area (Å²) in [6.45, 7) is 7.90. The summed E-state index contributed by atoms with van der Waals surface area (Å²) in [5.41, 5.74) is 1.43. The van der Waals surface area contributed by atoms with Crippen LogP contribution in [0.15, 0.2) is 22.7 Å². The quantitative estimate of drug-likeness (QED) is 0.511. The molecular formula is C18H29N3O4. The Bertz CT molecular complexity index is 595. The first kappa shape index (κ1) is 20.7. The van der Waals surface area contributed by atoms with Gasteiger partial charge in [0.25, 0.3) is 5.91 Å². The Morgan fingerprint density at radius 2 is 2.00 bits per heavy atom. The van der Waals surface area contributed by atoms with Crippen LogP contribution in [-0.2, 0) is 19.1 Å². The monoisotopic (exact) mass is 351 g/mol. The molecule has 0 aromatic carbocycles. The molecule has 0 saturated carbocycles. The number of likely N-dealkylation sites (N-methyl/N-ethyl adjacent to an activating group) is 1. The van der Waals surface area contributed by atoms with Gasteiger partial charge in [-0.1, -0.05) is 20.3 Å². The standard InChI is InChI=1S/C18H29N3O4/c1-7-11(3)9-13-14(18(24)25-8-2)12(4)20-16(21(6)10-22)15(13)17(23)19-5/h10-11,13,20H,7-9H2,1-6H3,(H,19,23). The lowest BCUT2D eigenvalue weighted by Crippen LogP contribution is -2.42. The van der Waals surface area contributed by atoms with E-state index in [-0.39, 0.29) is 12.5 Å². The average Bonchev–Trinajstić information content (AvgIpc) is 2.59. The number of amides is 2. The number of nitrogens with one attached hydrogen (secondary N) is 2. The van der Waals surface area contributed by atoms with E-state index in [9.17, 15) is 14.4 Å². The second-order valence-corrected chi connectivity index (χ2v) is 6.24. The Kier molecular flexibility index (Phi) is 7.67. The Balaban J connectivity index is 3.53. The molecule has 140 valence electrons. The zero-order valence-electron chi connectivity index (χ0n) is 15.9. The SMILES string of the molecule is CCOC(=O)C1=C(C)NC(N(C)C=O)=C(C(=O)NC)C1CC(C)CC. The van der Waals surface area contributed by atoms with Crippen LogP contribution in [-0.4, -0.2) is 43.9 Å². The molecule has 2 atom stereocenters. The maximum absolute atomic E-state index is 12.6. The molecule has 0 aromatic heterocycles. The second kappa shape index (κ2) is 9.25. The van der Waals surface area contributed by atoms with E-state index in [0.29, 0.717) is 41.4 Å². The summed E-state index contributed by atoms with van der Waals surface area (Å²) in [5.74, 6) is -0.502. The number of allylic oxidation sites excluding steroid dienone is 1. The molecule has 0 saturated heterocycles. The Morgan fingerprint density at radius 3 is 2.48 bits per heavy atom. The number of carbonyl (C=O) groups excluding carboxylic acids is 3. The topological polar surface area (TPSA) is 87.7 Å². The predicted octanol–water partition coefficient (Wildman–Crippen LogP) is 1.52. The molecule has 0 radical (unpaired) electrons. The largest absolute Gasteiger partial charge is 0.463 e. The summed E-state index contributed by atoms with van der Waals surface area (Å²) in [4.78, 5) is 37.7. The van der Waals surface area contributed by atoms with Crippen molar-refractivity contribution in [3.8, 4) is 0 Å². The molecule has 25 heavy (non-hydrogen) atoms. The highest BCUT2D eigenvalue weighted by Crippen LogP contribution is 2.36. The first-order chi connectivity index (χ1) is 11.8. The summed E-state index contributed by atoms with van der Waals surface area (Å²) in [6, 6.07) is 0. The number of rotatable bonds is 8. The van der Waals surface area contributed by atoms with Gasteiger partial charge in [-0.05, 0) is 26.2 Å². The van der Waals surface area contributed by atoms with Gasteiger partial charge in [0.2, 0.25) is 6.41 Å². The minimum absolute atomic E-state index is 0.256. The van der Waals surface area contributed by atoms with E-state index < -0.39 is 11.9 Å². The smallest absolute Gasteiger partial charge is 0.336 e. The Labute approximate surface area is 149 Å². The van der Waals surface area contributed by atoms with Gasteiger partial charge in [-0.3, -0.25) is 9.59 Å². The fourth-order valence-electron chi connectivity index (χ4n) is 2.92. The van der Waals surface area contributed by atoms with Gasteiger partial charge in [-0.2, -0.15) is 0 Å². The van der Waals surface area contributed by atoms with Crippen LogP contribution in [0.2, 0.25) is 0 Å². The van der Waals surface area contributed by atoms with Crippen LogP contribution in [0.3, 0.4) is 0 Å². The third-order valence-corrected chi connectivity index (χ3v) is 4.47. The third-order valence-electron chi connectivity index (χ3n) is 4.47. The molecule has 7 heteroatoms. The van der Waals surface area contributed by atoms with Crippen molar-refractivity contribution in [3.63, 3.8) is 0 Å². The Morgan fingerprint density at radius 1 is 1.36 bits per heavy atom. The lowest BCUT2D eigenvalue weighted by Gasteiger charge is -2.34. The first-order valence-electron chi connectivity index (χ1n) is 8.61. The van der Waals surface area contributed by atoms with E-state index in [4.69, 9.17) is 4.74 Å². The van der Waals surface area contributed by atoms with Gasteiger partial charge in [0, 0.05) is 25.7 Å². The van der Waals surface area contributed by atoms with E-state index in [0.717, 1.165) is 6.42 Å². The third kappa shape index (κ3) is 4.61. The van der Waals surface area contributed by atoms with Gasteiger partial charge in [-0.25, -0.2) is 4.79 Å².